The van der Waals surface area contributed by atoms with Gasteiger partial charge < -0.3 is 25.2 Å². The van der Waals surface area contributed by atoms with Crippen molar-refractivity contribution in [2.24, 2.45) is 0 Å². The average molecular weight is 235 g/mol. The van der Waals surface area contributed by atoms with Gasteiger partial charge in [-0.1, -0.05) is 13.3 Å². The second-order valence-electron chi connectivity index (χ2n) is 4.06. The second-order valence-corrected chi connectivity index (χ2v) is 4.06. The van der Waals surface area contributed by atoms with Crippen LogP contribution in [0.25, 0.3) is 0 Å². The minimum absolute atomic E-state index is 0.392. The molecule has 6 heteroatoms. The smallest absolute Gasteiger partial charge is 0.137 e. The maximum Gasteiger partial charge on any atom is 0.137 e. The lowest BCUT2D eigenvalue weighted by Gasteiger charge is -2.40. The van der Waals surface area contributed by atoms with Crippen LogP contribution >= 0.6 is 0 Å². The first kappa shape index (κ1) is 13.8. The highest BCUT2D eigenvalue weighted by Gasteiger charge is 2.42. The molecule has 16 heavy (non-hydrogen) atoms. The summed E-state index contributed by atoms with van der Waals surface area (Å²) in [5.41, 5.74) is 0. The van der Waals surface area contributed by atoms with E-state index in [-0.39, 0.29) is 0 Å². The number of aliphatic hydroxyl groups is 4. The van der Waals surface area contributed by atoms with Crippen molar-refractivity contribution in [2.75, 3.05) is 13.2 Å². The van der Waals surface area contributed by atoms with Gasteiger partial charge in [0, 0.05) is 0 Å². The summed E-state index contributed by atoms with van der Waals surface area (Å²) in [7, 11) is 0. The van der Waals surface area contributed by atoms with Crippen LogP contribution in [0.4, 0.5) is 0 Å². The lowest BCUT2D eigenvalue weighted by Crippen LogP contribution is -2.62. The number of ether oxygens (including phenoxy) is 1. The first-order chi connectivity index (χ1) is 7.61. The van der Waals surface area contributed by atoms with Gasteiger partial charge in [0.1, 0.15) is 30.6 Å². The summed E-state index contributed by atoms with van der Waals surface area (Å²) < 4.78 is 5.26. The molecule has 5 unspecified atom stereocenters. The first-order valence-corrected chi connectivity index (χ1v) is 5.65. The first-order valence-electron chi connectivity index (χ1n) is 5.65. The van der Waals surface area contributed by atoms with Gasteiger partial charge in [-0.3, -0.25) is 5.32 Å². The van der Waals surface area contributed by atoms with E-state index in [1.54, 1.807) is 0 Å². The van der Waals surface area contributed by atoms with Crippen molar-refractivity contribution in [1.82, 2.24) is 5.32 Å². The molecule has 0 amide bonds. The Balaban J connectivity index is 2.50. The molecule has 0 aliphatic carbocycles. The molecule has 0 radical (unpaired) electrons. The number of hydrogen-bond donors (Lipinski definition) is 5. The van der Waals surface area contributed by atoms with Crippen LogP contribution < -0.4 is 5.32 Å². The Morgan fingerprint density at radius 1 is 1.12 bits per heavy atom. The van der Waals surface area contributed by atoms with Crippen molar-refractivity contribution >= 4 is 0 Å². The number of aliphatic hydroxyl groups excluding tert-OH is 4. The predicted molar refractivity (Wildman–Crippen MR) is 56.7 cm³/mol. The van der Waals surface area contributed by atoms with Crippen LogP contribution in [0.2, 0.25) is 0 Å². The summed E-state index contributed by atoms with van der Waals surface area (Å²) in [5.74, 6) is 0. The van der Waals surface area contributed by atoms with E-state index in [1.165, 1.54) is 0 Å². The molecule has 1 heterocycles. The van der Waals surface area contributed by atoms with E-state index >= 15 is 0 Å². The van der Waals surface area contributed by atoms with Crippen LogP contribution in [0.5, 0.6) is 0 Å². The van der Waals surface area contributed by atoms with Crippen LogP contribution in [0.3, 0.4) is 0 Å². The average Bonchev–Trinajstić information content (AvgIpc) is 2.29. The minimum atomic E-state index is -1.30. The number of rotatable bonds is 5. The molecule has 1 aliphatic heterocycles. The quantitative estimate of drug-likeness (QED) is 0.359. The maximum atomic E-state index is 9.64. The third-order valence-corrected chi connectivity index (χ3v) is 2.77. The minimum Gasteiger partial charge on any atom is -0.394 e. The van der Waals surface area contributed by atoms with Gasteiger partial charge in [-0.05, 0) is 13.0 Å². The zero-order valence-electron chi connectivity index (χ0n) is 9.41. The van der Waals surface area contributed by atoms with Gasteiger partial charge in [0.2, 0.25) is 0 Å². The Bertz CT molecular complexity index is 202. The molecule has 6 nitrogen and oxygen atoms in total. The SMILES string of the molecule is CCCCNC1OC(CO)C(O)C(O)C1O. The Kier molecular flexibility index (Phi) is 5.60. The van der Waals surface area contributed by atoms with Crippen molar-refractivity contribution in [3.8, 4) is 0 Å². The van der Waals surface area contributed by atoms with E-state index in [0.29, 0.717) is 6.54 Å². The molecule has 0 bridgehead atoms. The van der Waals surface area contributed by atoms with E-state index in [0.717, 1.165) is 12.8 Å². The fourth-order valence-corrected chi connectivity index (χ4v) is 1.69. The summed E-state index contributed by atoms with van der Waals surface area (Å²) in [5, 5.41) is 40.5. The highest BCUT2D eigenvalue weighted by molar-refractivity contribution is 4.90. The molecule has 0 aromatic heterocycles. The normalized spacial score (nSPS) is 39.9. The van der Waals surface area contributed by atoms with Crippen LogP contribution in [-0.2, 0) is 4.74 Å². The van der Waals surface area contributed by atoms with Gasteiger partial charge in [-0.15, -0.1) is 0 Å². The lowest BCUT2D eigenvalue weighted by molar-refractivity contribution is -0.236. The van der Waals surface area contributed by atoms with Crippen molar-refractivity contribution in [2.45, 2.75) is 50.4 Å². The van der Waals surface area contributed by atoms with E-state index in [1.807, 2.05) is 6.92 Å². The van der Waals surface area contributed by atoms with Gasteiger partial charge >= 0.3 is 0 Å². The topological polar surface area (TPSA) is 102 Å². The zero-order chi connectivity index (χ0) is 12.1. The third-order valence-electron chi connectivity index (χ3n) is 2.77. The molecule has 0 aromatic carbocycles. The van der Waals surface area contributed by atoms with Crippen molar-refractivity contribution in [1.29, 1.82) is 0 Å². The Morgan fingerprint density at radius 2 is 1.81 bits per heavy atom. The summed E-state index contributed by atoms with van der Waals surface area (Å²) in [6, 6.07) is 0. The molecule has 1 saturated heterocycles. The van der Waals surface area contributed by atoms with Crippen LogP contribution in [0, 0.1) is 0 Å². The molecule has 1 rings (SSSR count). The Morgan fingerprint density at radius 3 is 2.38 bits per heavy atom. The van der Waals surface area contributed by atoms with Gasteiger partial charge in [0.25, 0.3) is 0 Å². The van der Waals surface area contributed by atoms with Gasteiger partial charge in [0.15, 0.2) is 0 Å². The number of unbranched alkanes of at least 4 members (excludes halogenated alkanes) is 1. The van der Waals surface area contributed by atoms with E-state index in [9.17, 15) is 15.3 Å². The standard InChI is InChI=1S/C10H21NO5/c1-2-3-4-11-10-9(15)8(14)7(13)6(5-12)16-10/h6-15H,2-5H2,1H3. The molecule has 0 saturated carbocycles. The molecular formula is C10H21NO5. The fraction of sp³-hybridized carbons (Fsp3) is 1.00. The summed E-state index contributed by atoms with van der Waals surface area (Å²) in [6.45, 7) is 2.30. The Hall–Kier alpha value is -0.240. The maximum absolute atomic E-state index is 9.64. The molecule has 1 fully saturated rings. The highest BCUT2D eigenvalue weighted by atomic mass is 16.6. The van der Waals surface area contributed by atoms with Gasteiger partial charge in [0.05, 0.1) is 6.61 Å². The molecule has 96 valence electrons. The highest BCUT2D eigenvalue weighted by Crippen LogP contribution is 2.19. The van der Waals surface area contributed by atoms with E-state index in [2.05, 4.69) is 5.32 Å². The summed E-state index contributed by atoms with van der Waals surface area (Å²) in [6.07, 6.45) is -3.43. The van der Waals surface area contributed by atoms with E-state index < -0.39 is 37.3 Å². The third kappa shape index (κ3) is 3.13. The van der Waals surface area contributed by atoms with Crippen LogP contribution in [0.15, 0.2) is 0 Å². The summed E-state index contributed by atoms with van der Waals surface area (Å²) >= 11 is 0. The molecule has 5 N–H and O–H groups in total. The predicted octanol–water partition coefficient (Wildman–Crippen LogP) is -1.82. The van der Waals surface area contributed by atoms with Crippen LogP contribution in [-0.4, -0.2) is 64.2 Å². The van der Waals surface area contributed by atoms with Crippen molar-refractivity contribution in [3.05, 3.63) is 0 Å². The molecule has 0 aromatic rings. The molecule has 0 spiro atoms. The Labute approximate surface area is 94.9 Å². The molecule has 5 atom stereocenters. The van der Waals surface area contributed by atoms with Crippen molar-refractivity contribution in [3.63, 3.8) is 0 Å². The second kappa shape index (κ2) is 6.48. The van der Waals surface area contributed by atoms with Gasteiger partial charge in [-0.2, -0.15) is 0 Å². The molecular weight excluding hydrogens is 214 g/mol. The van der Waals surface area contributed by atoms with E-state index in [4.69, 9.17) is 9.84 Å². The van der Waals surface area contributed by atoms with Gasteiger partial charge in [-0.25, -0.2) is 0 Å². The zero-order valence-corrected chi connectivity index (χ0v) is 9.41. The monoisotopic (exact) mass is 235 g/mol. The number of nitrogens with one attached hydrogen (secondary N) is 1. The largest absolute Gasteiger partial charge is 0.394 e. The summed E-state index contributed by atoms with van der Waals surface area (Å²) in [4.78, 5) is 0. The fourth-order valence-electron chi connectivity index (χ4n) is 1.69. The lowest BCUT2D eigenvalue weighted by atomic mass is 9.98. The van der Waals surface area contributed by atoms with Crippen molar-refractivity contribution < 1.29 is 25.2 Å². The molecule has 1 aliphatic rings. The number of hydrogen-bond acceptors (Lipinski definition) is 6. The van der Waals surface area contributed by atoms with Crippen LogP contribution in [0.1, 0.15) is 19.8 Å².